The number of rotatable bonds is 8. The molecule has 11 heteroatoms. The van der Waals surface area contributed by atoms with Gasteiger partial charge in [-0.25, -0.2) is 9.78 Å². The highest BCUT2D eigenvalue weighted by atomic mass is 32.1. The number of thiazole rings is 1. The van der Waals surface area contributed by atoms with Crippen LogP contribution in [0.2, 0.25) is 0 Å². The van der Waals surface area contributed by atoms with Gasteiger partial charge in [0.25, 0.3) is 11.8 Å². The van der Waals surface area contributed by atoms with Crippen molar-refractivity contribution in [1.29, 1.82) is 0 Å². The van der Waals surface area contributed by atoms with Crippen molar-refractivity contribution in [3.63, 3.8) is 0 Å². The van der Waals surface area contributed by atoms with Crippen LogP contribution in [0.1, 0.15) is 47.1 Å². The van der Waals surface area contributed by atoms with Gasteiger partial charge in [0, 0.05) is 45.8 Å². The molecular formula is C34H32N6O4S. The van der Waals surface area contributed by atoms with Crippen molar-refractivity contribution in [1.82, 2.24) is 9.97 Å². The molecule has 0 bridgehead atoms. The smallest absolute Gasteiger partial charge is 0.412 e. The van der Waals surface area contributed by atoms with Crippen LogP contribution in [0.5, 0.6) is 0 Å². The molecule has 228 valence electrons. The maximum Gasteiger partial charge on any atom is 0.412 e. The number of carbonyl (C=O) groups is 3. The SMILES string of the molecule is Cc1ccc(NC(=O)c2ccc(C(=O)Nc3ccccc3NC(=O)OC(C)(C)C)cc2)cc1Nc1nc(-c2cccnc2)cs1. The predicted molar refractivity (Wildman–Crippen MR) is 178 cm³/mol. The minimum Gasteiger partial charge on any atom is -0.444 e. The van der Waals surface area contributed by atoms with Crippen LogP contribution < -0.4 is 21.3 Å². The van der Waals surface area contributed by atoms with Crippen molar-refractivity contribution in [2.75, 3.05) is 21.3 Å². The Labute approximate surface area is 264 Å². The number of amides is 3. The summed E-state index contributed by atoms with van der Waals surface area (Å²) in [6, 6.07) is 22.5. The highest BCUT2D eigenvalue weighted by molar-refractivity contribution is 7.14. The summed E-state index contributed by atoms with van der Waals surface area (Å²) in [5.74, 6) is -0.722. The Morgan fingerprint density at radius 3 is 2.09 bits per heavy atom. The summed E-state index contributed by atoms with van der Waals surface area (Å²) in [6.45, 7) is 7.27. The normalized spacial score (nSPS) is 10.9. The molecule has 0 aliphatic heterocycles. The number of nitrogens with zero attached hydrogens (tertiary/aromatic N) is 2. The molecule has 0 saturated heterocycles. The lowest BCUT2D eigenvalue weighted by Crippen LogP contribution is -2.27. The summed E-state index contributed by atoms with van der Waals surface area (Å²) in [5, 5.41) is 14.4. The number of ether oxygens (including phenoxy) is 1. The number of anilines is 5. The van der Waals surface area contributed by atoms with Crippen LogP contribution in [0.15, 0.2) is 96.6 Å². The van der Waals surface area contributed by atoms with E-state index < -0.39 is 17.6 Å². The van der Waals surface area contributed by atoms with E-state index in [2.05, 4.69) is 31.2 Å². The molecule has 0 aliphatic rings. The molecule has 2 heterocycles. The summed E-state index contributed by atoms with van der Waals surface area (Å²) in [4.78, 5) is 47.1. The summed E-state index contributed by atoms with van der Waals surface area (Å²) in [5.41, 5.74) is 5.04. The molecular weight excluding hydrogens is 588 g/mol. The van der Waals surface area contributed by atoms with E-state index in [0.717, 1.165) is 27.6 Å². The summed E-state index contributed by atoms with van der Waals surface area (Å²) >= 11 is 1.48. The van der Waals surface area contributed by atoms with Gasteiger partial charge >= 0.3 is 6.09 Å². The molecule has 0 aliphatic carbocycles. The second-order valence-electron chi connectivity index (χ2n) is 11.1. The fraction of sp³-hybridized carbons (Fsp3) is 0.147. The van der Waals surface area contributed by atoms with E-state index in [1.807, 2.05) is 42.6 Å². The molecule has 3 aromatic carbocycles. The molecule has 4 N–H and O–H groups in total. The molecule has 5 aromatic rings. The Bertz CT molecular complexity index is 1830. The van der Waals surface area contributed by atoms with Gasteiger partial charge in [0.15, 0.2) is 5.13 Å². The van der Waals surface area contributed by atoms with Crippen LogP contribution in [0, 0.1) is 6.92 Å². The summed E-state index contributed by atoms with van der Waals surface area (Å²) < 4.78 is 5.31. The van der Waals surface area contributed by atoms with Gasteiger partial charge in [-0.1, -0.05) is 18.2 Å². The number of aryl methyl sites for hydroxylation is 1. The topological polar surface area (TPSA) is 134 Å². The van der Waals surface area contributed by atoms with Crippen LogP contribution in [-0.2, 0) is 4.74 Å². The Morgan fingerprint density at radius 2 is 1.44 bits per heavy atom. The van der Waals surface area contributed by atoms with Gasteiger partial charge in [-0.3, -0.25) is 19.9 Å². The third-order valence-corrected chi connectivity index (χ3v) is 7.18. The summed E-state index contributed by atoms with van der Waals surface area (Å²) in [6.07, 6.45) is 2.86. The standard InChI is InChI=1S/C34H32N6O4S/c1-21-11-16-25(18-28(21)38-32-39-29(20-45-32)24-8-7-17-35-19-24)36-30(41)22-12-14-23(15-13-22)31(42)37-26-9-5-6-10-27(26)40-33(43)44-34(2,3)4/h5-20H,1-4H3,(H,36,41)(H,37,42)(H,38,39)(H,40,43). The molecule has 3 amide bonds. The number of carbonyl (C=O) groups excluding carboxylic acids is 3. The minimum absolute atomic E-state index is 0.322. The number of nitrogens with one attached hydrogen (secondary N) is 4. The van der Waals surface area contributed by atoms with Crippen molar-refractivity contribution in [3.8, 4) is 11.3 Å². The second kappa shape index (κ2) is 13.4. The Morgan fingerprint density at radius 1 is 0.778 bits per heavy atom. The van der Waals surface area contributed by atoms with Crippen LogP contribution in [0.4, 0.5) is 32.7 Å². The fourth-order valence-corrected chi connectivity index (χ4v) is 4.95. The molecule has 10 nitrogen and oxygen atoms in total. The lowest BCUT2D eigenvalue weighted by atomic mass is 10.1. The lowest BCUT2D eigenvalue weighted by molar-refractivity contribution is 0.0635. The van der Waals surface area contributed by atoms with Gasteiger partial charge in [-0.15, -0.1) is 11.3 Å². The zero-order valence-electron chi connectivity index (χ0n) is 25.2. The monoisotopic (exact) mass is 620 g/mol. The highest BCUT2D eigenvalue weighted by Gasteiger charge is 2.18. The van der Waals surface area contributed by atoms with Crippen molar-refractivity contribution < 1.29 is 19.1 Å². The molecule has 0 spiro atoms. The van der Waals surface area contributed by atoms with Crippen LogP contribution in [0.3, 0.4) is 0 Å². The zero-order valence-corrected chi connectivity index (χ0v) is 26.0. The molecule has 0 fully saturated rings. The van der Waals surface area contributed by atoms with E-state index >= 15 is 0 Å². The van der Waals surface area contributed by atoms with E-state index in [4.69, 9.17) is 4.74 Å². The zero-order chi connectivity index (χ0) is 32.0. The molecule has 5 rings (SSSR count). The Hall–Kier alpha value is -5.55. The molecule has 0 saturated carbocycles. The third-order valence-electron chi connectivity index (χ3n) is 6.42. The lowest BCUT2D eigenvalue weighted by Gasteiger charge is -2.20. The second-order valence-corrected chi connectivity index (χ2v) is 12.0. The average molecular weight is 621 g/mol. The quantitative estimate of drug-likeness (QED) is 0.138. The third kappa shape index (κ3) is 8.30. The number of aromatic nitrogens is 2. The molecule has 45 heavy (non-hydrogen) atoms. The van der Waals surface area contributed by atoms with Gasteiger partial charge in [0.2, 0.25) is 0 Å². The van der Waals surface area contributed by atoms with Crippen molar-refractivity contribution in [2.24, 2.45) is 0 Å². The van der Waals surface area contributed by atoms with Crippen molar-refractivity contribution >= 4 is 57.1 Å². The summed E-state index contributed by atoms with van der Waals surface area (Å²) in [7, 11) is 0. The van der Waals surface area contributed by atoms with E-state index in [9.17, 15) is 14.4 Å². The number of benzene rings is 3. The maximum atomic E-state index is 13.0. The predicted octanol–water partition coefficient (Wildman–Crippen LogP) is 8.11. The van der Waals surface area contributed by atoms with E-state index in [1.54, 1.807) is 81.7 Å². The average Bonchev–Trinajstić information content (AvgIpc) is 3.48. The molecule has 0 unspecified atom stereocenters. The fourth-order valence-electron chi connectivity index (χ4n) is 4.21. The van der Waals surface area contributed by atoms with Gasteiger partial charge in [0.1, 0.15) is 5.60 Å². The maximum absolute atomic E-state index is 13.0. The van der Waals surface area contributed by atoms with Crippen LogP contribution >= 0.6 is 11.3 Å². The van der Waals surface area contributed by atoms with Gasteiger partial charge < -0.3 is 20.7 Å². The van der Waals surface area contributed by atoms with Crippen LogP contribution in [0.25, 0.3) is 11.3 Å². The van der Waals surface area contributed by atoms with E-state index in [0.29, 0.717) is 28.2 Å². The Balaban J connectivity index is 1.21. The number of hydrogen-bond acceptors (Lipinski definition) is 8. The first-order valence-corrected chi connectivity index (χ1v) is 15.0. The van der Waals surface area contributed by atoms with Crippen molar-refractivity contribution in [2.45, 2.75) is 33.3 Å². The first kappa shape index (κ1) is 30.9. The molecule has 2 aromatic heterocycles. The minimum atomic E-state index is -0.665. The van der Waals surface area contributed by atoms with Gasteiger partial charge in [0.05, 0.1) is 17.1 Å². The molecule has 0 radical (unpaired) electrons. The molecule has 0 atom stereocenters. The largest absolute Gasteiger partial charge is 0.444 e. The van der Waals surface area contributed by atoms with Gasteiger partial charge in [-0.05, 0) is 93.9 Å². The highest BCUT2D eigenvalue weighted by Crippen LogP contribution is 2.30. The van der Waals surface area contributed by atoms with E-state index in [-0.39, 0.29) is 5.91 Å². The first-order valence-electron chi connectivity index (χ1n) is 14.1. The first-order chi connectivity index (χ1) is 21.5. The Kier molecular flexibility index (Phi) is 9.20. The number of para-hydroxylation sites is 2. The van der Waals surface area contributed by atoms with E-state index in [1.165, 1.54) is 11.3 Å². The number of pyridine rings is 1. The van der Waals surface area contributed by atoms with Crippen LogP contribution in [-0.4, -0.2) is 33.5 Å². The van der Waals surface area contributed by atoms with Crippen molar-refractivity contribution in [3.05, 3.63) is 113 Å². The number of hydrogen-bond donors (Lipinski definition) is 4. The van der Waals surface area contributed by atoms with Gasteiger partial charge in [-0.2, -0.15) is 0 Å².